The van der Waals surface area contributed by atoms with Crippen molar-refractivity contribution >= 4 is 0 Å². The van der Waals surface area contributed by atoms with Gasteiger partial charge in [-0.3, -0.25) is 0 Å². The van der Waals surface area contributed by atoms with Gasteiger partial charge in [0.2, 0.25) is 0 Å². The lowest BCUT2D eigenvalue weighted by atomic mass is 9.85. The molecule has 1 nitrogen and oxygen atoms in total. The molecule has 0 saturated heterocycles. The van der Waals surface area contributed by atoms with E-state index in [0.29, 0.717) is 0 Å². The predicted octanol–water partition coefficient (Wildman–Crippen LogP) is 3.67. The summed E-state index contributed by atoms with van der Waals surface area (Å²) >= 11 is 0. The second-order valence-corrected chi connectivity index (χ2v) is 4.04. The van der Waals surface area contributed by atoms with E-state index in [2.05, 4.69) is 26.8 Å². The third-order valence-electron chi connectivity index (χ3n) is 2.28. The summed E-state index contributed by atoms with van der Waals surface area (Å²) in [6.07, 6.45) is 2.38. The molecule has 1 aromatic rings. The van der Waals surface area contributed by atoms with Crippen LogP contribution in [0.25, 0.3) is 0 Å². The monoisotopic (exact) mass is 166 g/mol. The first kappa shape index (κ1) is 9.37. The Morgan fingerprint density at radius 1 is 1.33 bits per heavy atom. The molecule has 0 aliphatic carbocycles. The van der Waals surface area contributed by atoms with Crippen LogP contribution in [-0.2, 0) is 5.41 Å². The van der Waals surface area contributed by atoms with E-state index in [0.717, 1.165) is 11.5 Å². The Bertz CT molecular complexity index is 245. The van der Waals surface area contributed by atoms with E-state index < -0.39 is 0 Å². The van der Waals surface area contributed by atoms with Crippen LogP contribution in [0.15, 0.2) is 16.5 Å². The van der Waals surface area contributed by atoms with Crippen molar-refractivity contribution < 1.29 is 4.42 Å². The minimum Gasteiger partial charge on any atom is -0.466 e. The minimum atomic E-state index is 0.197. The van der Waals surface area contributed by atoms with Crippen molar-refractivity contribution in [2.45, 2.75) is 46.0 Å². The van der Waals surface area contributed by atoms with Gasteiger partial charge in [-0.05, 0) is 25.5 Å². The van der Waals surface area contributed by atoms with E-state index in [-0.39, 0.29) is 5.41 Å². The highest BCUT2D eigenvalue weighted by atomic mass is 16.3. The van der Waals surface area contributed by atoms with Gasteiger partial charge in [-0.1, -0.05) is 27.2 Å². The Morgan fingerprint density at radius 2 is 2.00 bits per heavy atom. The first-order valence-corrected chi connectivity index (χ1v) is 4.63. The lowest BCUT2D eigenvalue weighted by Crippen LogP contribution is -2.15. The van der Waals surface area contributed by atoms with Gasteiger partial charge in [-0.2, -0.15) is 0 Å². The molecule has 1 rings (SSSR count). The third kappa shape index (κ3) is 1.90. The maximum Gasteiger partial charge on any atom is 0.109 e. The summed E-state index contributed by atoms with van der Waals surface area (Å²) in [5, 5.41) is 0. The fourth-order valence-corrected chi connectivity index (χ4v) is 1.55. The fraction of sp³-hybridized carbons (Fsp3) is 0.636. The van der Waals surface area contributed by atoms with E-state index in [1.165, 1.54) is 12.8 Å². The van der Waals surface area contributed by atoms with Crippen molar-refractivity contribution in [3.8, 4) is 0 Å². The smallest absolute Gasteiger partial charge is 0.109 e. The van der Waals surface area contributed by atoms with Gasteiger partial charge in [0.25, 0.3) is 0 Å². The molecule has 0 aromatic carbocycles. The van der Waals surface area contributed by atoms with Crippen molar-refractivity contribution in [1.29, 1.82) is 0 Å². The zero-order chi connectivity index (χ0) is 9.19. The third-order valence-corrected chi connectivity index (χ3v) is 2.28. The molecule has 0 fully saturated rings. The summed E-state index contributed by atoms with van der Waals surface area (Å²) in [6, 6.07) is 4.12. The van der Waals surface area contributed by atoms with Crippen LogP contribution in [0.3, 0.4) is 0 Å². The Balaban J connectivity index is 2.81. The van der Waals surface area contributed by atoms with Crippen LogP contribution in [0.4, 0.5) is 0 Å². The summed E-state index contributed by atoms with van der Waals surface area (Å²) < 4.78 is 5.60. The van der Waals surface area contributed by atoms with Crippen molar-refractivity contribution in [1.82, 2.24) is 0 Å². The summed E-state index contributed by atoms with van der Waals surface area (Å²) in [5.41, 5.74) is 0.197. The van der Waals surface area contributed by atoms with Crippen LogP contribution in [-0.4, -0.2) is 0 Å². The minimum absolute atomic E-state index is 0.197. The summed E-state index contributed by atoms with van der Waals surface area (Å²) in [4.78, 5) is 0. The van der Waals surface area contributed by atoms with E-state index in [9.17, 15) is 0 Å². The number of furan rings is 1. The topological polar surface area (TPSA) is 13.1 Å². The van der Waals surface area contributed by atoms with Crippen LogP contribution in [0, 0.1) is 6.92 Å². The molecule has 1 aromatic heterocycles. The molecule has 68 valence electrons. The van der Waals surface area contributed by atoms with Crippen LogP contribution < -0.4 is 0 Å². The van der Waals surface area contributed by atoms with Crippen LogP contribution in [0.1, 0.15) is 45.1 Å². The zero-order valence-electron chi connectivity index (χ0n) is 8.48. The Labute approximate surface area is 74.8 Å². The number of aryl methyl sites for hydroxylation is 1. The average Bonchev–Trinajstić information content (AvgIpc) is 2.36. The van der Waals surface area contributed by atoms with Gasteiger partial charge in [0.1, 0.15) is 11.5 Å². The quantitative estimate of drug-likeness (QED) is 0.667. The van der Waals surface area contributed by atoms with Gasteiger partial charge in [-0.25, -0.2) is 0 Å². The Morgan fingerprint density at radius 3 is 2.42 bits per heavy atom. The molecule has 0 aliphatic rings. The van der Waals surface area contributed by atoms with Crippen molar-refractivity contribution in [2.75, 3.05) is 0 Å². The molecular formula is C11H18O. The molecule has 0 amide bonds. The van der Waals surface area contributed by atoms with Crippen LogP contribution in [0.5, 0.6) is 0 Å². The predicted molar refractivity (Wildman–Crippen MR) is 51.4 cm³/mol. The fourth-order valence-electron chi connectivity index (χ4n) is 1.55. The van der Waals surface area contributed by atoms with Crippen molar-refractivity contribution in [3.63, 3.8) is 0 Å². The Hall–Kier alpha value is -0.720. The van der Waals surface area contributed by atoms with Gasteiger partial charge in [0, 0.05) is 5.41 Å². The summed E-state index contributed by atoms with van der Waals surface area (Å²) in [5.74, 6) is 2.12. The summed E-state index contributed by atoms with van der Waals surface area (Å²) in [6.45, 7) is 8.66. The van der Waals surface area contributed by atoms with E-state index in [1.807, 2.05) is 13.0 Å². The molecule has 0 N–H and O–H groups in total. The second-order valence-electron chi connectivity index (χ2n) is 4.04. The molecule has 0 atom stereocenters. The van der Waals surface area contributed by atoms with Crippen molar-refractivity contribution in [3.05, 3.63) is 23.7 Å². The largest absolute Gasteiger partial charge is 0.466 e. The molecular weight excluding hydrogens is 148 g/mol. The highest BCUT2D eigenvalue weighted by Gasteiger charge is 2.22. The number of rotatable bonds is 3. The summed E-state index contributed by atoms with van der Waals surface area (Å²) in [7, 11) is 0. The van der Waals surface area contributed by atoms with E-state index in [1.54, 1.807) is 0 Å². The van der Waals surface area contributed by atoms with Gasteiger partial charge >= 0.3 is 0 Å². The molecule has 0 saturated carbocycles. The molecule has 12 heavy (non-hydrogen) atoms. The first-order chi connectivity index (χ1) is 5.56. The maximum atomic E-state index is 5.60. The highest BCUT2D eigenvalue weighted by Crippen LogP contribution is 2.29. The second kappa shape index (κ2) is 3.34. The van der Waals surface area contributed by atoms with Gasteiger partial charge in [0.15, 0.2) is 0 Å². The normalized spacial score (nSPS) is 12.0. The highest BCUT2D eigenvalue weighted by molar-refractivity contribution is 5.14. The average molecular weight is 166 g/mol. The molecule has 0 radical (unpaired) electrons. The first-order valence-electron chi connectivity index (χ1n) is 4.63. The molecule has 0 aliphatic heterocycles. The lowest BCUT2D eigenvalue weighted by Gasteiger charge is -2.20. The number of hydrogen-bond acceptors (Lipinski definition) is 1. The standard InChI is InChI=1S/C11H18O/c1-5-8-11(3,4)10-7-6-9(2)12-10/h6-7H,5,8H2,1-4H3. The number of hydrogen-bond donors (Lipinski definition) is 0. The lowest BCUT2D eigenvalue weighted by molar-refractivity contribution is 0.352. The van der Waals surface area contributed by atoms with E-state index >= 15 is 0 Å². The van der Waals surface area contributed by atoms with Crippen LogP contribution >= 0.6 is 0 Å². The molecule has 0 bridgehead atoms. The molecule has 1 heterocycles. The van der Waals surface area contributed by atoms with Gasteiger partial charge in [0.05, 0.1) is 0 Å². The zero-order valence-corrected chi connectivity index (χ0v) is 8.48. The molecule has 1 heteroatoms. The maximum absolute atomic E-state index is 5.60. The molecule has 0 spiro atoms. The van der Waals surface area contributed by atoms with Crippen molar-refractivity contribution in [2.24, 2.45) is 0 Å². The Kier molecular flexibility index (Phi) is 2.61. The van der Waals surface area contributed by atoms with Gasteiger partial charge < -0.3 is 4.42 Å². The van der Waals surface area contributed by atoms with Gasteiger partial charge in [-0.15, -0.1) is 0 Å². The SMILES string of the molecule is CCCC(C)(C)c1ccc(C)o1. The van der Waals surface area contributed by atoms with Crippen LogP contribution in [0.2, 0.25) is 0 Å². The molecule has 0 unspecified atom stereocenters. The van der Waals surface area contributed by atoms with E-state index in [4.69, 9.17) is 4.42 Å².